The van der Waals surface area contributed by atoms with Crippen molar-refractivity contribution in [2.24, 2.45) is 5.92 Å². The molecule has 2 aliphatic rings. The fraction of sp³-hybridized carbons (Fsp3) is 0.773. The molecule has 2 heterocycles. The van der Waals surface area contributed by atoms with Crippen LogP contribution in [0.1, 0.15) is 70.9 Å². The number of anilines is 1. The minimum absolute atomic E-state index is 0.463. The summed E-state index contributed by atoms with van der Waals surface area (Å²) in [6, 6.07) is 2.32. The minimum Gasteiger partial charge on any atom is -0.481 e. The molecule has 6 heteroatoms. The van der Waals surface area contributed by atoms with Crippen LogP contribution in [0, 0.1) is 12.8 Å². The normalized spacial score (nSPS) is 20.1. The van der Waals surface area contributed by atoms with Gasteiger partial charge in [-0.15, -0.1) is 0 Å². The monoisotopic (exact) mass is 390 g/mol. The van der Waals surface area contributed by atoms with Gasteiger partial charge in [-0.05, 0) is 44.9 Å². The van der Waals surface area contributed by atoms with Gasteiger partial charge in [-0.25, -0.2) is 4.98 Å². The summed E-state index contributed by atoms with van der Waals surface area (Å²) in [6.45, 7) is 8.80. The lowest BCUT2D eigenvalue weighted by Crippen LogP contribution is -2.40. The van der Waals surface area contributed by atoms with Gasteiger partial charge in [0.25, 0.3) is 0 Å². The predicted molar refractivity (Wildman–Crippen MR) is 114 cm³/mol. The zero-order valence-corrected chi connectivity index (χ0v) is 18.2. The highest BCUT2D eigenvalue weighted by Crippen LogP contribution is 2.26. The number of methoxy groups -OCH3 is 1. The maximum Gasteiger partial charge on any atom is 0.228 e. The Hall–Kier alpha value is -1.85. The van der Waals surface area contributed by atoms with E-state index >= 15 is 0 Å². The van der Waals surface area contributed by atoms with Gasteiger partial charge in [0, 0.05) is 37.4 Å². The summed E-state index contributed by atoms with van der Waals surface area (Å²) in [5.74, 6) is 1.98. The van der Waals surface area contributed by atoms with Crippen LogP contribution in [0.3, 0.4) is 0 Å². The van der Waals surface area contributed by atoms with E-state index in [1.54, 1.807) is 7.11 Å². The average molecular weight is 391 g/mol. The van der Waals surface area contributed by atoms with Crippen molar-refractivity contribution in [3.63, 3.8) is 0 Å². The standard InChI is InChI=1S/C20H32N4O2.C2H6/c1-16-13-19(26-2)22-20(21-16)23-11-6-7-17(14-23)10-12-24(15-25)18-8-4-3-5-9-18;1-2/h13,15,17-18H,3-12,14H2,1-2H3;1-2H3. The van der Waals surface area contributed by atoms with Gasteiger partial charge < -0.3 is 14.5 Å². The molecule has 1 atom stereocenters. The van der Waals surface area contributed by atoms with Gasteiger partial charge in [-0.2, -0.15) is 4.98 Å². The summed E-state index contributed by atoms with van der Waals surface area (Å²) in [7, 11) is 1.64. The molecule has 0 N–H and O–H groups in total. The van der Waals surface area contributed by atoms with Gasteiger partial charge >= 0.3 is 0 Å². The molecule has 1 amide bonds. The first kappa shape index (κ1) is 22.4. The second-order valence-electron chi connectivity index (χ2n) is 7.73. The molecule has 1 aromatic rings. The lowest BCUT2D eigenvalue weighted by Gasteiger charge is -2.36. The van der Waals surface area contributed by atoms with Gasteiger partial charge in [0.2, 0.25) is 18.2 Å². The van der Waals surface area contributed by atoms with Crippen LogP contribution in [0.15, 0.2) is 6.07 Å². The van der Waals surface area contributed by atoms with E-state index in [1.165, 1.54) is 38.5 Å². The first-order valence-corrected chi connectivity index (χ1v) is 11.0. The molecular formula is C22H38N4O2. The number of aryl methyl sites for hydroxylation is 1. The highest BCUT2D eigenvalue weighted by molar-refractivity contribution is 5.47. The highest BCUT2D eigenvalue weighted by atomic mass is 16.5. The molecule has 2 fully saturated rings. The summed E-state index contributed by atoms with van der Waals surface area (Å²) in [6.07, 6.45) is 10.7. The number of piperidine rings is 1. The first-order valence-electron chi connectivity index (χ1n) is 11.0. The van der Waals surface area contributed by atoms with Crippen molar-refractivity contribution in [1.82, 2.24) is 14.9 Å². The van der Waals surface area contributed by atoms with Crippen LogP contribution < -0.4 is 9.64 Å². The first-order chi connectivity index (χ1) is 13.7. The Morgan fingerprint density at radius 2 is 1.93 bits per heavy atom. The molecule has 1 aromatic heterocycles. The van der Waals surface area contributed by atoms with Crippen molar-refractivity contribution in [3.8, 4) is 5.88 Å². The van der Waals surface area contributed by atoms with Gasteiger partial charge in [0.1, 0.15) is 0 Å². The van der Waals surface area contributed by atoms with E-state index in [4.69, 9.17) is 4.74 Å². The van der Waals surface area contributed by atoms with Gasteiger partial charge in [-0.1, -0.05) is 33.1 Å². The van der Waals surface area contributed by atoms with Crippen LogP contribution in [0.2, 0.25) is 0 Å². The maximum atomic E-state index is 11.6. The van der Waals surface area contributed by atoms with E-state index in [2.05, 4.69) is 19.8 Å². The second kappa shape index (κ2) is 11.9. The molecule has 0 radical (unpaired) electrons. The number of rotatable bonds is 7. The Morgan fingerprint density at radius 3 is 2.61 bits per heavy atom. The van der Waals surface area contributed by atoms with E-state index in [1.807, 2.05) is 26.8 Å². The summed E-state index contributed by atoms with van der Waals surface area (Å²) in [5, 5.41) is 0. The Morgan fingerprint density at radius 1 is 1.18 bits per heavy atom. The number of hydrogen-bond acceptors (Lipinski definition) is 5. The number of hydrogen-bond donors (Lipinski definition) is 0. The third kappa shape index (κ3) is 6.35. The molecule has 1 aliphatic carbocycles. The lowest BCUT2D eigenvalue weighted by atomic mass is 9.92. The van der Waals surface area contributed by atoms with Crippen LogP contribution >= 0.6 is 0 Å². The molecule has 0 bridgehead atoms. The number of nitrogens with zero attached hydrogens (tertiary/aromatic N) is 4. The van der Waals surface area contributed by atoms with E-state index in [9.17, 15) is 4.79 Å². The number of carbonyl (C=O) groups excluding carboxylic acids is 1. The van der Waals surface area contributed by atoms with E-state index in [0.717, 1.165) is 50.5 Å². The van der Waals surface area contributed by atoms with Crippen LogP contribution in [-0.2, 0) is 4.79 Å². The zero-order chi connectivity index (χ0) is 20.4. The van der Waals surface area contributed by atoms with Gasteiger partial charge in [-0.3, -0.25) is 4.79 Å². The lowest BCUT2D eigenvalue weighted by molar-refractivity contribution is -0.121. The Kier molecular flexibility index (Phi) is 9.51. The van der Waals surface area contributed by atoms with Crippen molar-refractivity contribution in [3.05, 3.63) is 11.8 Å². The molecule has 6 nitrogen and oxygen atoms in total. The Labute approximate surface area is 170 Å². The summed E-state index contributed by atoms with van der Waals surface area (Å²) in [4.78, 5) is 25.0. The molecule has 3 rings (SSSR count). The molecule has 1 unspecified atom stereocenters. The molecule has 1 saturated heterocycles. The van der Waals surface area contributed by atoms with Crippen molar-refractivity contribution in [2.75, 3.05) is 31.6 Å². The van der Waals surface area contributed by atoms with Crippen molar-refractivity contribution in [1.29, 1.82) is 0 Å². The van der Waals surface area contributed by atoms with Crippen LogP contribution in [0.5, 0.6) is 5.88 Å². The zero-order valence-electron chi connectivity index (χ0n) is 18.2. The molecule has 0 spiro atoms. The molecule has 1 aliphatic heterocycles. The van der Waals surface area contributed by atoms with Crippen LogP contribution in [0.4, 0.5) is 5.95 Å². The number of aromatic nitrogens is 2. The minimum atomic E-state index is 0.463. The van der Waals surface area contributed by atoms with Crippen molar-refractivity contribution in [2.45, 2.75) is 78.2 Å². The summed E-state index contributed by atoms with van der Waals surface area (Å²) >= 11 is 0. The smallest absolute Gasteiger partial charge is 0.228 e. The fourth-order valence-corrected chi connectivity index (χ4v) is 4.32. The van der Waals surface area contributed by atoms with Crippen LogP contribution in [-0.4, -0.2) is 54.1 Å². The summed E-state index contributed by atoms with van der Waals surface area (Å²) in [5.41, 5.74) is 0.929. The van der Waals surface area contributed by atoms with Crippen molar-refractivity contribution < 1.29 is 9.53 Å². The van der Waals surface area contributed by atoms with Gasteiger partial charge in [0.05, 0.1) is 7.11 Å². The van der Waals surface area contributed by atoms with Crippen LogP contribution in [0.25, 0.3) is 0 Å². The topological polar surface area (TPSA) is 58.6 Å². The Balaban J connectivity index is 0.00000136. The van der Waals surface area contributed by atoms with Gasteiger partial charge in [0.15, 0.2) is 0 Å². The molecule has 0 aromatic carbocycles. The second-order valence-corrected chi connectivity index (χ2v) is 7.73. The largest absolute Gasteiger partial charge is 0.481 e. The highest BCUT2D eigenvalue weighted by Gasteiger charge is 2.25. The fourth-order valence-electron chi connectivity index (χ4n) is 4.32. The predicted octanol–water partition coefficient (Wildman–Crippen LogP) is 4.22. The van der Waals surface area contributed by atoms with E-state index in [-0.39, 0.29) is 0 Å². The summed E-state index contributed by atoms with van der Waals surface area (Å²) < 4.78 is 5.29. The quantitative estimate of drug-likeness (QED) is 0.653. The molecule has 28 heavy (non-hydrogen) atoms. The van der Waals surface area contributed by atoms with E-state index in [0.29, 0.717) is 17.8 Å². The third-order valence-corrected chi connectivity index (χ3v) is 5.80. The molecule has 1 saturated carbocycles. The number of amides is 1. The SMILES string of the molecule is CC.COc1cc(C)nc(N2CCCC(CCN(C=O)C3CCCCC3)C2)n1. The maximum absolute atomic E-state index is 11.6. The van der Waals surface area contributed by atoms with E-state index < -0.39 is 0 Å². The molecule has 158 valence electrons. The average Bonchev–Trinajstić information content (AvgIpc) is 2.76. The Bertz CT molecular complexity index is 590. The third-order valence-electron chi connectivity index (χ3n) is 5.80. The molecular weight excluding hydrogens is 352 g/mol. The number of carbonyl (C=O) groups is 1. The number of ether oxygens (including phenoxy) is 1. The van der Waals surface area contributed by atoms with Crippen molar-refractivity contribution >= 4 is 12.4 Å².